The summed E-state index contributed by atoms with van der Waals surface area (Å²) in [6.07, 6.45) is 6.40. The molecule has 1 fully saturated rings. The summed E-state index contributed by atoms with van der Waals surface area (Å²) in [5.74, 6) is 1.92. The Morgan fingerprint density at radius 3 is 2.44 bits per heavy atom. The highest BCUT2D eigenvalue weighted by atomic mass is 15.3. The number of aromatic nitrogens is 4. The molecular formula is C19H30N6. The lowest BCUT2D eigenvalue weighted by atomic mass is 10.0. The number of nitrogens with zero attached hydrogens (tertiary/aromatic N) is 5. The molecule has 6 heteroatoms. The lowest BCUT2D eigenvalue weighted by molar-refractivity contribution is 0.379. The molecule has 3 heterocycles. The van der Waals surface area contributed by atoms with Gasteiger partial charge >= 0.3 is 0 Å². The van der Waals surface area contributed by atoms with Gasteiger partial charge in [0.2, 0.25) is 0 Å². The van der Waals surface area contributed by atoms with Crippen molar-refractivity contribution in [2.24, 2.45) is 0 Å². The fraction of sp³-hybridized carbons (Fsp3) is 0.632. The van der Waals surface area contributed by atoms with Gasteiger partial charge in [0.25, 0.3) is 0 Å². The maximum Gasteiger partial charge on any atom is 0.132 e. The second-order valence-electron chi connectivity index (χ2n) is 7.41. The average molecular weight is 342 g/mol. The molecule has 0 radical (unpaired) electrons. The van der Waals surface area contributed by atoms with E-state index in [1.165, 1.54) is 5.56 Å². The van der Waals surface area contributed by atoms with Crippen molar-refractivity contribution >= 4 is 5.82 Å². The van der Waals surface area contributed by atoms with E-state index in [2.05, 4.69) is 58.3 Å². The Morgan fingerprint density at radius 2 is 1.84 bits per heavy atom. The topological polar surface area (TPSA) is 58.9 Å². The first-order valence-electron chi connectivity index (χ1n) is 9.29. The predicted molar refractivity (Wildman–Crippen MR) is 101 cm³/mol. The van der Waals surface area contributed by atoms with Crippen LogP contribution in [0.1, 0.15) is 62.8 Å². The van der Waals surface area contributed by atoms with Crippen LogP contribution < -0.4 is 10.2 Å². The highest BCUT2D eigenvalue weighted by molar-refractivity contribution is 5.40. The molecule has 6 nitrogen and oxygen atoms in total. The molecule has 1 N–H and O–H groups in total. The minimum absolute atomic E-state index is 0.326. The Labute approximate surface area is 150 Å². The van der Waals surface area contributed by atoms with E-state index in [0.29, 0.717) is 18.1 Å². The number of aryl methyl sites for hydroxylation is 2. The molecular weight excluding hydrogens is 312 g/mol. The van der Waals surface area contributed by atoms with E-state index in [1.54, 1.807) is 0 Å². The van der Waals surface area contributed by atoms with Gasteiger partial charge in [-0.25, -0.2) is 9.97 Å². The van der Waals surface area contributed by atoms with Gasteiger partial charge in [-0.1, -0.05) is 0 Å². The van der Waals surface area contributed by atoms with E-state index in [1.807, 2.05) is 24.7 Å². The molecule has 2 aromatic heterocycles. The van der Waals surface area contributed by atoms with Gasteiger partial charge < -0.3 is 10.2 Å². The molecule has 0 aliphatic carbocycles. The third-order valence-electron chi connectivity index (χ3n) is 4.91. The summed E-state index contributed by atoms with van der Waals surface area (Å²) in [5.41, 5.74) is 2.30. The van der Waals surface area contributed by atoms with Crippen molar-refractivity contribution < 1.29 is 0 Å². The second-order valence-corrected chi connectivity index (χ2v) is 7.41. The van der Waals surface area contributed by atoms with Crippen molar-refractivity contribution in [2.75, 3.05) is 18.0 Å². The monoisotopic (exact) mass is 342 g/mol. The highest BCUT2D eigenvalue weighted by Crippen LogP contribution is 2.21. The summed E-state index contributed by atoms with van der Waals surface area (Å²) in [7, 11) is 0. The van der Waals surface area contributed by atoms with E-state index >= 15 is 0 Å². The van der Waals surface area contributed by atoms with Crippen LogP contribution in [0.5, 0.6) is 0 Å². The summed E-state index contributed by atoms with van der Waals surface area (Å²) < 4.78 is 2.02. The van der Waals surface area contributed by atoms with Crippen LogP contribution in [0.3, 0.4) is 0 Å². The van der Waals surface area contributed by atoms with E-state index in [4.69, 9.17) is 0 Å². The number of hydrogen-bond acceptors (Lipinski definition) is 5. The van der Waals surface area contributed by atoms with Crippen LogP contribution in [-0.4, -0.2) is 38.9 Å². The Balaban J connectivity index is 1.55. The zero-order chi connectivity index (χ0) is 18.0. The Kier molecular flexibility index (Phi) is 5.37. The first-order chi connectivity index (χ1) is 11.9. The van der Waals surface area contributed by atoms with Gasteiger partial charge in [0.05, 0.1) is 6.20 Å². The summed E-state index contributed by atoms with van der Waals surface area (Å²) in [5, 5.41) is 8.22. The lowest BCUT2D eigenvalue weighted by Crippen LogP contribution is -2.43. The van der Waals surface area contributed by atoms with Crippen molar-refractivity contribution in [3.8, 4) is 0 Å². The molecule has 0 bridgehead atoms. The standard InChI is InChI=1S/C19H30N6/c1-13(2)25-12-17(11-20-25)15(4)22-18-6-8-24(9-7-18)19-10-14(3)21-16(5)23-19/h10-13,15,18,22H,6-9H2,1-5H3. The van der Waals surface area contributed by atoms with E-state index in [0.717, 1.165) is 43.3 Å². The first-order valence-corrected chi connectivity index (χ1v) is 9.29. The van der Waals surface area contributed by atoms with Gasteiger partial charge in [0.15, 0.2) is 0 Å². The molecule has 1 saturated heterocycles. The minimum Gasteiger partial charge on any atom is -0.356 e. The number of piperidine rings is 1. The second kappa shape index (κ2) is 7.52. The van der Waals surface area contributed by atoms with Crippen molar-refractivity contribution in [1.29, 1.82) is 0 Å². The molecule has 1 atom stereocenters. The molecule has 0 saturated carbocycles. The van der Waals surface area contributed by atoms with Gasteiger partial charge in [-0.05, 0) is 47.5 Å². The van der Waals surface area contributed by atoms with Crippen molar-refractivity contribution in [3.05, 3.63) is 35.5 Å². The Hall–Kier alpha value is -1.95. The molecule has 1 aliphatic heterocycles. The average Bonchev–Trinajstić information content (AvgIpc) is 3.05. The maximum atomic E-state index is 4.59. The third-order valence-corrected chi connectivity index (χ3v) is 4.91. The van der Waals surface area contributed by atoms with Crippen LogP contribution in [0.25, 0.3) is 0 Å². The molecule has 1 unspecified atom stereocenters. The molecule has 2 aromatic rings. The molecule has 25 heavy (non-hydrogen) atoms. The molecule has 136 valence electrons. The van der Waals surface area contributed by atoms with E-state index < -0.39 is 0 Å². The van der Waals surface area contributed by atoms with Crippen LogP contribution in [-0.2, 0) is 0 Å². The van der Waals surface area contributed by atoms with Gasteiger partial charge in [-0.3, -0.25) is 4.68 Å². The van der Waals surface area contributed by atoms with Gasteiger partial charge in [-0.2, -0.15) is 5.10 Å². The fourth-order valence-corrected chi connectivity index (χ4v) is 3.44. The van der Waals surface area contributed by atoms with Crippen LogP contribution in [0.15, 0.2) is 18.5 Å². The summed E-state index contributed by atoms with van der Waals surface area (Å²) in [6, 6.07) is 3.36. The number of hydrogen-bond donors (Lipinski definition) is 1. The van der Waals surface area contributed by atoms with Crippen LogP contribution in [0, 0.1) is 13.8 Å². The van der Waals surface area contributed by atoms with Crippen LogP contribution in [0.2, 0.25) is 0 Å². The SMILES string of the molecule is Cc1cc(N2CCC(NC(C)c3cnn(C(C)C)c3)CC2)nc(C)n1. The zero-order valence-corrected chi connectivity index (χ0v) is 16.0. The molecule has 1 aliphatic rings. The van der Waals surface area contributed by atoms with E-state index in [-0.39, 0.29) is 0 Å². The summed E-state index contributed by atoms with van der Waals surface area (Å²) in [6.45, 7) is 12.6. The summed E-state index contributed by atoms with van der Waals surface area (Å²) in [4.78, 5) is 11.3. The minimum atomic E-state index is 0.326. The lowest BCUT2D eigenvalue weighted by Gasteiger charge is -2.34. The largest absolute Gasteiger partial charge is 0.356 e. The highest BCUT2D eigenvalue weighted by Gasteiger charge is 2.22. The zero-order valence-electron chi connectivity index (χ0n) is 16.0. The van der Waals surface area contributed by atoms with Crippen molar-refractivity contribution in [2.45, 2.75) is 65.6 Å². The van der Waals surface area contributed by atoms with Crippen molar-refractivity contribution in [1.82, 2.24) is 25.1 Å². The normalized spacial score (nSPS) is 17.3. The molecule has 3 rings (SSSR count). The van der Waals surface area contributed by atoms with Crippen molar-refractivity contribution in [3.63, 3.8) is 0 Å². The maximum absolute atomic E-state index is 4.59. The molecule has 0 aromatic carbocycles. The van der Waals surface area contributed by atoms with Gasteiger partial charge in [0, 0.05) is 54.7 Å². The number of nitrogens with one attached hydrogen (secondary N) is 1. The third kappa shape index (κ3) is 4.37. The number of rotatable bonds is 5. The quantitative estimate of drug-likeness (QED) is 0.904. The fourth-order valence-electron chi connectivity index (χ4n) is 3.44. The van der Waals surface area contributed by atoms with Crippen LogP contribution in [0.4, 0.5) is 5.82 Å². The van der Waals surface area contributed by atoms with E-state index in [9.17, 15) is 0 Å². The number of anilines is 1. The molecule has 0 amide bonds. The molecule has 0 spiro atoms. The smallest absolute Gasteiger partial charge is 0.132 e. The Morgan fingerprint density at radius 1 is 1.12 bits per heavy atom. The van der Waals surface area contributed by atoms with Gasteiger partial charge in [0.1, 0.15) is 11.6 Å². The van der Waals surface area contributed by atoms with Crippen LogP contribution >= 0.6 is 0 Å². The first kappa shape index (κ1) is 17.9. The van der Waals surface area contributed by atoms with Gasteiger partial charge in [-0.15, -0.1) is 0 Å². The Bertz CT molecular complexity index is 679. The summed E-state index contributed by atoms with van der Waals surface area (Å²) >= 11 is 0. The predicted octanol–water partition coefficient (Wildman–Crippen LogP) is 3.19.